The van der Waals surface area contributed by atoms with Crippen molar-refractivity contribution in [3.8, 4) is 5.75 Å². The van der Waals surface area contributed by atoms with Crippen molar-refractivity contribution in [1.82, 2.24) is 0 Å². The topological polar surface area (TPSA) is 26.3 Å². The number of para-hydroxylation sites is 1. The van der Waals surface area contributed by atoms with Gasteiger partial charge in [-0.3, -0.25) is 4.79 Å². The van der Waals surface area contributed by atoms with Crippen molar-refractivity contribution in [2.75, 3.05) is 6.61 Å². The van der Waals surface area contributed by atoms with Crippen LogP contribution in [0.1, 0.15) is 22.8 Å². The van der Waals surface area contributed by atoms with Gasteiger partial charge in [-0.05, 0) is 43.3 Å². The Morgan fingerprint density at radius 2 is 1.78 bits per heavy atom. The molecule has 0 radical (unpaired) electrons. The third kappa shape index (κ3) is 2.56. The first-order chi connectivity index (χ1) is 8.72. The van der Waals surface area contributed by atoms with E-state index in [4.69, 9.17) is 4.74 Å². The van der Waals surface area contributed by atoms with Gasteiger partial charge in [-0.25, -0.2) is 4.39 Å². The Balaban J connectivity index is 2.36. The van der Waals surface area contributed by atoms with E-state index in [1.54, 1.807) is 18.2 Å². The zero-order chi connectivity index (χ0) is 13.0. The summed E-state index contributed by atoms with van der Waals surface area (Å²) in [4.78, 5) is 12.3. The van der Waals surface area contributed by atoms with Crippen molar-refractivity contribution in [2.45, 2.75) is 6.92 Å². The van der Waals surface area contributed by atoms with E-state index < -0.39 is 0 Å². The van der Waals surface area contributed by atoms with Crippen molar-refractivity contribution >= 4 is 5.78 Å². The first-order valence-corrected chi connectivity index (χ1v) is 5.74. The number of hydrogen-bond acceptors (Lipinski definition) is 2. The molecule has 0 N–H and O–H groups in total. The summed E-state index contributed by atoms with van der Waals surface area (Å²) in [5.41, 5.74) is 0.939. The number of benzene rings is 2. The van der Waals surface area contributed by atoms with Crippen LogP contribution in [0.15, 0.2) is 48.5 Å². The maximum absolute atomic E-state index is 12.8. The lowest BCUT2D eigenvalue weighted by Gasteiger charge is -2.08. The third-order valence-electron chi connectivity index (χ3n) is 2.54. The molecule has 0 aliphatic heterocycles. The van der Waals surface area contributed by atoms with Crippen LogP contribution in [-0.2, 0) is 0 Å². The maximum atomic E-state index is 12.8. The molecule has 2 aromatic carbocycles. The fraction of sp³-hybridized carbons (Fsp3) is 0.133. The van der Waals surface area contributed by atoms with Crippen LogP contribution in [0.5, 0.6) is 5.75 Å². The lowest BCUT2D eigenvalue weighted by atomic mass is 10.0. The first-order valence-electron chi connectivity index (χ1n) is 5.74. The SMILES string of the molecule is CCOc1ccccc1C(=O)c1ccc(F)cc1. The molecule has 92 valence electrons. The molecule has 0 fully saturated rings. The predicted octanol–water partition coefficient (Wildman–Crippen LogP) is 3.46. The van der Waals surface area contributed by atoms with E-state index in [0.29, 0.717) is 23.5 Å². The van der Waals surface area contributed by atoms with Crippen molar-refractivity contribution in [2.24, 2.45) is 0 Å². The van der Waals surface area contributed by atoms with Crippen molar-refractivity contribution < 1.29 is 13.9 Å². The molecule has 0 spiro atoms. The normalized spacial score (nSPS) is 10.1. The van der Waals surface area contributed by atoms with Crippen molar-refractivity contribution in [3.05, 3.63) is 65.5 Å². The first kappa shape index (κ1) is 12.3. The number of carbonyl (C=O) groups is 1. The molecule has 0 aromatic heterocycles. The molecule has 0 heterocycles. The molecule has 0 unspecified atom stereocenters. The van der Waals surface area contributed by atoms with Gasteiger partial charge in [0.05, 0.1) is 12.2 Å². The predicted molar refractivity (Wildman–Crippen MR) is 67.4 cm³/mol. The van der Waals surface area contributed by atoms with Gasteiger partial charge in [0.1, 0.15) is 11.6 Å². The molecule has 3 heteroatoms. The molecule has 0 aliphatic rings. The van der Waals surface area contributed by atoms with Crippen LogP contribution in [0.25, 0.3) is 0 Å². The average molecular weight is 244 g/mol. The second-order valence-electron chi connectivity index (χ2n) is 3.77. The van der Waals surface area contributed by atoms with E-state index in [2.05, 4.69) is 0 Å². The summed E-state index contributed by atoms with van der Waals surface area (Å²) in [6.45, 7) is 2.35. The Labute approximate surface area is 105 Å². The summed E-state index contributed by atoms with van der Waals surface area (Å²) in [5.74, 6) is 0.0259. The summed E-state index contributed by atoms with van der Waals surface area (Å²) in [5, 5.41) is 0. The molecule has 0 saturated heterocycles. The fourth-order valence-corrected chi connectivity index (χ4v) is 1.69. The second kappa shape index (κ2) is 5.45. The van der Waals surface area contributed by atoms with Gasteiger partial charge in [-0.1, -0.05) is 12.1 Å². The zero-order valence-electron chi connectivity index (χ0n) is 10.0. The Kier molecular flexibility index (Phi) is 3.72. The lowest BCUT2D eigenvalue weighted by molar-refractivity contribution is 0.103. The number of ketones is 1. The molecule has 0 bridgehead atoms. The van der Waals surface area contributed by atoms with E-state index in [9.17, 15) is 9.18 Å². The standard InChI is InChI=1S/C15H13FO2/c1-2-18-14-6-4-3-5-13(14)15(17)11-7-9-12(16)10-8-11/h3-10H,2H2,1H3. The Bertz CT molecular complexity index is 547. The van der Waals surface area contributed by atoms with E-state index in [1.807, 2.05) is 13.0 Å². The average Bonchev–Trinajstić information content (AvgIpc) is 2.40. The van der Waals surface area contributed by atoms with Crippen LogP contribution in [0.4, 0.5) is 4.39 Å². The molecular weight excluding hydrogens is 231 g/mol. The highest BCUT2D eigenvalue weighted by Gasteiger charge is 2.13. The smallest absolute Gasteiger partial charge is 0.196 e. The van der Waals surface area contributed by atoms with Gasteiger partial charge in [0.15, 0.2) is 5.78 Å². The Morgan fingerprint density at radius 1 is 1.11 bits per heavy atom. The van der Waals surface area contributed by atoms with Crippen molar-refractivity contribution in [3.63, 3.8) is 0 Å². The van der Waals surface area contributed by atoms with Crippen LogP contribution in [0.3, 0.4) is 0 Å². The molecule has 2 nitrogen and oxygen atoms in total. The molecule has 0 atom stereocenters. The lowest BCUT2D eigenvalue weighted by Crippen LogP contribution is -2.05. The van der Waals surface area contributed by atoms with Crippen molar-refractivity contribution in [1.29, 1.82) is 0 Å². The second-order valence-corrected chi connectivity index (χ2v) is 3.77. The Hall–Kier alpha value is -2.16. The Morgan fingerprint density at radius 3 is 2.44 bits per heavy atom. The highest BCUT2D eigenvalue weighted by atomic mass is 19.1. The number of carbonyl (C=O) groups excluding carboxylic acids is 1. The van der Waals surface area contributed by atoms with Gasteiger partial charge in [0.25, 0.3) is 0 Å². The summed E-state index contributed by atoms with van der Waals surface area (Å²) >= 11 is 0. The molecule has 0 aliphatic carbocycles. The van der Waals surface area contributed by atoms with E-state index >= 15 is 0 Å². The van der Waals surface area contributed by atoms with Crippen LogP contribution < -0.4 is 4.74 Å². The number of ether oxygens (including phenoxy) is 1. The number of halogens is 1. The van der Waals surface area contributed by atoms with E-state index in [-0.39, 0.29) is 11.6 Å². The van der Waals surface area contributed by atoms with Gasteiger partial charge in [0, 0.05) is 5.56 Å². The van der Waals surface area contributed by atoms with Gasteiger partial charge in [-0.15, -0.1) is 0 Å². The highest BCUT2D eigenvalue weighted by molar-refractivity contribution is 6.10. The minimum atomic E-state index is -0.357. The molecule has 18 heavy (non-hydrogen) atoms. The minimum absolute atomic E-state index is 0.168. The van der Waals surface area contributed by atoms with E-state index in [0.717, 1.165) is 0 Å². The third-order valence-corrected chi connectivity index (χ3v) is 2.54. The largest absolute Gasteiger partial charge is 0.493 e. The molecule has 2 aromatic rings. The molecule has 0 amide bonds. The van der Waals surface area contributed by atoms with Gasteiger partial charge >= 0.3 is 0 Å². The summed E-state index contributed by atoms with van der Waals surface area (Å²) in [7, 11) is 0. The van der Waals surface area contributed by atoms with Crippen LogP contribution in [-0.4, -0.2) is 12.4 Å². The molecule has 0 saturated carbocycles. The summed E-state index contributed by atoms with van der Waals surface area (Å²) in [6, 6.07) is 12.5. The molecule has 2 rings (SSSR count). The summed E-state index contributed by atoms with van der Waals surface area (Å²) in [6.07, 6.45) is 0. The van der Waals surface area contributed by atoms with Crippen LogP contribution >= 0.6 is 0 Å². The van der Waals surface area contributed by atoms with Gasteiger partial charge in [0.2, 0.25) is 0 Å². The van der Waals surface area contributed by atoms with Gasteiger partial charge < -0.3 is 4.74 Å². The number of hydrogen-bond donors (Lipinski definition) is 0. The van der Waals surface area contributed by atoms with Crippen LogP contribution in [0.2, 0.25) is 0 Å². The van der Waals surface area contributed by atoms with Crippen LogP contribution in [0, 0.1) is 5.82 Å². The highest BCUT2D eigenvalue weighted by Crippen LogP contribution is 2.21. The number of rotatable bonds is 4. The molecular formula is C15H13FO2. The summed E-state index contributed by atoms with van der Waals surface area (Å²) < 4.78 is 18.2. The maximum Gasteiger partial charge on any atom is 0.196 e. The van der Waals surface area contributed by atoms with E-state index in [1.165, 1.54) is 24.3 Å². The quantitative estimate of drug-likeness (QED) is 0.770. The monoisotopic (exact) mass is 244 g/mol. The minimum Gasteiger partial charge on any atom is -0.493 e. The zero-order valence-corrected chi connectivity index (χ0v) is 10.0. The van der Waals surface area contributed by atoms with Gasteiger partial charge in [-0.2, -0.15) is 0 Å². The fourth-order valence-electron chi connectivity index (χ4n) is 1.69.